The van der Waals surface area contributed by atoms with Crippen molar-refractivity contribution >= 4 is 28.1 Å². The van der Waals surface area contributed by atoms with Crippen LogP contribution >= 0.6 is 15.9 Å². The van der Waals surface area contributed by atoms with Gasteiger partial charge in [0.05, 0.1) is 0 Å². The average molecular weight is 198 g/mol. The zero-order valence-electron chi connectivity index (χ0n) is 5.47. The molecule has 0 amide bonds. The maximum Gasteiger partial charge on any atom is 0.0421 e. The second kappa shape index (κ2) is 2.27. The Balaban J connectivity index is 2.73. The Morgan fingerprint density at radius 1 is 1.60 bits per heavy atom. The minimum Gasteiger partial charge on any atom is -0.361 e. The number of hydrogen-bond donors (Lipinski definition) is 1. The number of aromatic nitrogens is 1. The minimum absolute atomic E-state index is 0.513. The van der Waals surface area contributed by atoms with E-state index in [4.69, 9.17) is 0 Å². The first-order valence-electron chi connectivity index (χ1n) is 3.36. The van der Waals surface area contributed by atoms with Crippen molar-refractivity contribution in [2.75, 3.05) is 0 Å². The molecule has 1 aliphatic rings. The van der Waals surface area contributed by atoms with Crippen LogP contribution in [-0.2, 0) is 0 Å². The molecule has 0 radical (unpaired) electrons. The molecule has 0 saturated carbocycles. The standard InChI is InChI=1S/C8H8BrN/c9-7-2-1-6-3-4-10-8(6)5-7/h1,3-5,7,10H,2H2. The van der Waals surface area contributed by atoms with E-state index in [1.807, 2.05) is 6.20 Å². The summed E-state index contributed by atoms with van der Waals surface area (Å²) < 4.78 is 0. The van der Waals surface area contributed by atoms with Crippen LogP contribution in [0.3, 0.4) is 0 Å². The Labute approximate surface area is 67.6 Å². The summed E-state index contributed by atoms with van der Waals surface area (Å²) in [7, 11) is 0. The fourth-order valence-electron chi connectivity index (χ4n) is 1.21. The summed E-state index contributed by atoms with van der Waals surface area (Å²) in [5, 5.41) is 2.57. The molecule has 1 N–H and O–H groups in total. The Morgan fingerprint density at radius 3 is 3.40 bits per heavy atom. The molecule has 0 bridgehead atoms. The van der Waals surface area contributed by atoms with Crippen molar-refractivity contribution in [1.82, 2.24) is 4.98 Å². The molecule has 1 aliphatic carbocycles. The van der Waals surface area contributed by atoms with Crippen molar-refractivity contribution in [2.45, 2.75) is 11.2 Å². The molecule has 1 unspecified atom stereocenters. The molecule has 1 aromatic heterocycles. The van der Waals surface area contributed by atoms with Crippen molar-refractivity contribution in [2.24, 2.45) is 0 Å². The van der Waals surface area contributed by atoms with E-state index in [2.05, 4.69) is 39.1 Å². The molecule has 0 aromatic carbocycles. The molecule has 52 valence electrons. The number of nitrogens with one attached hydrogen (secondary N) is 1. The van der Waals surface area contributed by atoms with E-state index >= 15 is 0 Å². The van der Waals surface area contributed by atoms with Crippen molar-refractivity contribution in [3.05, 3.63) is 22.8 Å². The zero-order chi connectivity index (χ0) is 6.97. The van der Waals surface area contributed by atoms with E-state index in [-0.39, 0.29) is 0 Å². The van der Waals surface area contributed by atoms with Crippen molar-refractivity contribution in [1.29, 1.82) is 0 Å². The lowest BCUT2D eigenvalue weighted by molar-refractivity contribution is 1.13. The SMILES string of the molecule is BrC1C=c2[nH]ccc2=CC1. The van der Waals surface area contributed by atoms with Crippen LogP contribution in [0.2, 0.25) is 0 Å². The number of fused-ring (bicyclic) bond motifs is 1. The van der Waals surface area contributed by atoms with Crippen LogP contribution in [0.25, 0.3) is 12.2 Å². The van der Waals surface area contributed by atoms with Gasteiger partial charge in [-0.1, -0.05) is 22.0 Å². The van der Waals surface area contributed by atoms with Gasteiger partial charge in [0.2, 0.25) is 0 Å². The van der Waals surface area contributed by atoms with E-state index in [0.29, 0.717) is 4.83 Å². The highest BCUT2D eigenvalue weighted by atomic mass is 79.9. The van der Waals surface area contributed by atoms with Gasteiger partial charge in [0.15, 0.2) is 0 Å². The number of rotatable bonds is 0. The molecule has 2 heteroatoms. The quantitative estimate of drug-likeness (QED) is 0.592. The van der Waals surface area contributed by atoms with Crippen LogP contribution in [0, 0.1) is 0 Å². The van der Waals surface area contributed by atoms with Gasteiger partial charge in [-0.05, 0) is 23.8 Å². The molecular weight excluding hydrogens is 190 g/mol. The Bertz CT molecular complexity index is 336. The second-order valence-electron chi connectivity index (χ2n) is 2.47. The van der Waals surface area contributed by atoms with E-state index in [9.17, 15) is 0 Å². The minimum atomic E-state index is 0.513. The Hall–Kier alpha value is -0.500. The number of alkyl halides is 1. The van der Waals surface area contributed by atoms with Crippen LogP contribution in [0.4, 0.5) is 0 Å². The van der Waals surface area contributed by atoms with Gasteiger partial charge in [-0.2, -0.15) is 0 Å². The van der Waals surface area contributed by atoms with Gasteiger partial charge in [-0.3, -0.25) is 0 Å². The first kappa shape index (κ1) is 6.23. The molecule has 0 fully saturated rings. The summed E-state index contributed by atoms with van der Waals surface area (Å²) in [4.78, 5) is 3.68. The van der Waals surface area contributed by atoms with E-state index in [0.717, 1.165) is 6.42 Å². The lowest BCUT2D eigenvalue weighted by Gasteiger charge is -2.01. The molecule has 0 aliphatic heterocycles. The summed E-state index contributed by atoms with van der Waals surface area (Å²) in [5.41, 5.74) is 0. The maximum absolute atomic E-state index is 3.54. The molecule has 1 nitrogen and oxygen atoms in total. The summed E-state index contributed by atoms with van der Waals surface area (Å²) in [6.45, 7) is 0. The molecule has 0 saturated heterocycles. The first-order chi connectivity index (χ1) is 4.86. The van der Waals surface area contributed by atoms with Gasteiger partial charge in [0, 0.05) is 16.4 Å². The van der Waals surface area contributed by atoms with Gasteiger partial charge in [-0.15, -0.1) is 0 Å². The fraction of sp³-hybridized carbons (Fsp3) is 0.250. The van der Waals surface area contributed by atoms with E-state index in [1.165, 1.54) is 10.6 Å². The van der Waals surface area contributed by atoms with Crippen LogP contribution < -0.4 is 10.6 Å². The maximum atomic E-state index is 3.54. The summed E-state index contributed by atoms with van der Waals surface area (Å²) >= 11 is 3.54. The Morgan fingerprint density at radius 2 is 2.50 bits per heavy atom. The smallest absolute Gasteiger partial charge is 0.0421 e. The lowest BCUT2D eigenvalue weighted by atomic mass is 10.2. The molecule has 2 rings (SSSR count). The van der Waals surface area contributed by atoms with Crippen molar-refractivity contribution < 1.29 is 0 Å². The van der Waals surface area contributed by atoms with Gasteiger partial charge in [-0.25, -0.2) is 0 Å². The molecule has 0 spiro atoms. The first-order valence-corrected chi connectivity index (χ1v) is 4.27. The summed E-state index contributed by atoms with van der Waals surface area (Å²) in [6, 6.07) is 2.10. The van der Waals surface area contributed by atoms with Crippen LogP contribution in [-0.4, -0.2) is 9.81 Å². The summed E-state index contributed by atoms with van der Waals surface area (Å²) in [6.07, 6.45) is 7.52. The normalized spacial score (nSPS) is 22.7. The van der Waals surface area contributed by atoms with Gasteiger partial charge < -0.3 is 4.98 Å². The highest BCUT2D eigenvalue weighted by Gasteiger charge is 2.01. The van der Waals surface area contributed by atoms with E-state index in [1.54, 1.807) is 0 Å². The number of hydrogen-bond acceptors (Lipinski definition) is 0. The fourth-order valence-corrected chi connectivity index (χ4v) is 1.66. The third-order valence-electron chi connectivity index (χ3n) is 1.72. The average Bonchev–Trinajstić information content (AvgIpc) is 2.33. The third-order valence-corrected chi connectivity index (χ3v) is 2.36. The van der Waals surface area contributed by atoms with Crippen LogP contribution in [0.15, 0.2) is 12.3 Å². The second-order valence-corrected chi connectivity index (χ2v) is 3.65. The molecule has 1 heterocycles. The van der Waals surface area contributed by atoms with E-state index < -0.39 is 0 Å². The van der Waals surface area contributed by atoms with Crippen molar-refractivity contribution in [3.63, 3.8) is 0 Å². The van der Waals surface area contributed by atoms with Gasteiger partial charge in [0.1, 0.15) is 0 Å². The topological polar surface area (TPSA) is 15.8 Å². The molecule has 1 aromatic rings. The molecule has 10 heavy (non-hydrogen) atoms. The number of halogens is 1. The van der Waals surface area contributed by atoms with Gasteiger partial charge >= 0.3 is 0 Å². The monoisotopic (exact) mass is 197 g/mol. The highest BCUT2D eigenvalue weighted by Crippen LogP contribution is 2.08. The third kappa shape index (κ3) is 0.926. The highest BCUT2D eigenvalue weighted by molar-refractivity contribution is 9.09. The van der Waals surface area contributed by atoms with Crippen LogP contribution in [0.5, 0.6) is 0 Å². The Kier molecular flexibility index (Phi) is 1.42. The largest absolute Gasteiger partial charge is 0.361 e. The number of aromatic amines is 1. The van der Waals surface area contributed by atoms with Crippen LogP contribution in [0.1, 0.15) is 6.42 Å². The predicted octanol–water partition coefficient (Wildman–Crippen LogP) is 0.743. The van der Waals surface area contributed by atoms with Crippen molar-refractivity contribution in [3.8, 4) is 0 Å². The predicted molar refractivity (Wildman–Crippen MR) is 46.3 cm³/mol. The van der Waals surface area contributed by atoms with Gasteiger partial charge in [0.25, 0.3) is 0 Å². The summed E-state index contributed by atoms with van der Waals surface area (Å²) in [5.74, 6) is 0. The zero-order valence-corrected chi connectivity index (χ0v) is 7.06. The molecular formula is C8H8BrN. The number of H-pyrrole nitrogens is 1. The molecule has 1 atom stereocenters. The lowest BCUT2D eigenvalue weighted by Crippen LogP contribution is -2.27.